The molecule has 0 aliphatic carbocycles. The SMILES string of the molecule is O=C(/C=C\c1ccc(OCc2ccccc2)cc1)c1cccc([N+](=O)[O-])c1. The molecule has 0 amide bonds. The summed E-state index contributed by atoms with van der Waals surface area (Å²) in [5, 5.41) is 10.8. The molecule has 0 fully saturated rings. The molecule has 134 valence electrons. The van der Waals surface area contributed by atoms with Gasteiger partial charge in [-0.25, -0.2) is 0 Å². The first kappa shape index (κ1) is 18.1. The number of nitro benzene ring substituents is 1. The van der Waals surface area contributed by atoms with E-state index in [-0.39, 0.29) is 17.0 Å². The van der Waals surface area contributed by atoms with Crippen LogP contribution in [0.3, 0.4) is 0 Å². The molecule has 27 heavy (non-hydrogen) atoms. The maximum absolute atomic E-state index is 12.2. The minimum atomic E-state index is -0.519. The quantitative estimate of drug-likeness (QED) is 0.256. The van der Waals surface area contributed by atoms with Crippen molar-refractivity contribution in [1.29, 1.82) is 0 Å². The molecular formula is C22H17NO4. The Morgan fingerprint density at radius 2 is 1.70 bits per heavy atom. The first-order valence-corrected chi connectivity index (χ1v) is 8.35. The average Bonchev–Trinajstić information content (AvgIpc) is 2.72. The molecule has 3 aromatic rings. The van der Waals surface area contributed by atoms with Crippen molar-refractivity contribution in [1.82, 2.24) is 0 Å². The van der Waals surface area contributed by atoms with Crippen molar-refractivity contribution >= 4 is 17.5 Å². The Balaban J connectivity index is 1.61. The average molecular weight is 359 g/mol. The lowest BCUT2D eigenvalue weighted by molar-refractivity contribution is -0.384. The van der Waals surface area contributed by atoms with Crippen LogP contribution in [0.5, 0.6) is 5.75 Å². The second-order valence-corrected chi connectivity index (χ2v) is 5.85. The molecule has 0 unspecified atom stereocenters. The molecule has 0 aromatic heterocycles. The van der Waals surface area contributed by atoms with Crippen LogP contribution in [0.1, 0.15) is 21.5 Å². The maximum Gasteiger partial charge on any atom is 0.270 e. The Labute approximate surface area is 156 Å². The number of carbonyl (C=O) groups excluding carboxylic acids is 1. The van der Waals surface area contributed by atoms with E-state index in [0.29, 0.717) is 6.61 Å². The zero-order chi connectivity index (χ0) is 19.1. The van der Waals surface area contributed by atoms with Gasteiger partial charge >= 0.3 is 0 Å². The number of ether oxygens (including phenoxy) is 1. The first-order chi connectivity index (χ1) is 13.1. The highest BCUT2D eigenvalue weighted by molar-refractivity contribution is 6.07. The number of nitro groups is 1. The Hall–Kier alpha value is -3.73. The van der Waals surface area contributed by atoms with E-state index in [1.807, 2.05) is 54.6 Å². The molecule has 0 radical (unpaired) electrons. The Morgan fingerprint density at radius 3 is 2.41 bits per heavy atom. The van der Waals surface area contributed by atoms with Gasteiger partial charge in [-0.15, -0.1) is 0 Å². The zero-order valence-electron chi connectivity index (χ0n) is 14.4. The third-order valence-electron chi connectivity index (χ3n) is 3.90. The van der Waals surface area contributed by atoms with E-state index in [2.05, 4.69) is 0 Å². The fourth-order valence-electron chi connectivity index (χ4n) is 2.46. The fourth-order valence-corrected chi connectivity index (χ4v) is 2.46. The lowest BCUT2D eigenvalue weighted by atomic mass is 10.1. The molecule has 0 spiro atoms. The molecule has 0 N–H and O–H groups in total. The van der Waals surface area contributed by atoms with Crippen molar-refractivity contribution < 1.29 is 14.5 Å². The van der Waals surface area contributed by atoms with Gasteiger partial charge in [-0.05, 0) is 29.3 Å². The smallest absolute Gasteiger partial charge is 0.270 e. The maximum atomic E-state index is 12.2. The molecule has 0 saturated carbocycles. The van der Waals surface area contributed by atoms with E-state index in [1.54, 1.807) is 12.1 Å². The van der Waals surface area contributed by atoms with Gasteiger partial charge in [0, 0.05) is 17.7 Å². The lowest BCUT2D eigenvalue weighted by Gasteiger charge is -2.06. The predicted octanol–water partition coefficient (Wildman–Crippen LogP) is 5.07. The molecule has 0 bridgehead atoms. The number of rotatable bonds is 7. The zero-order valence-corrected chi connectivity index (χ0v) is 14.4. The lowest BCUT2D eigenvalue weighted by Crippen LogP contribution is -1.96. The topological polar surface area (TPSA) is 69.4 Å². The Morgan fingerprint density at radius 1 is 0.963 bits per heavy atom. The number of allylic oxidation sites excluding steroid dienone is 1. The van der Waals surface area contributed by atoms with E-state index < -0.39 is 4.92 Å². The Bertz CT molecular complexity index is 963. The minimum Gasteiger partial charge on any atom is -0.489 e. The van der Waals surface area contributed by atoms with Gasteiger partial charge in [0.15, 0.2) is 5.78 Å². The summed E-state index contributed by atoms with van der Waals surface area (Å²) in [6, 6.07) is 22.9. The summed E-state index contributed by atoms with van der Waals surface area (Å²) in [5.74, 6) is 0.448. The highest BCUT2D eigenvalue weighted by Gasteiger charge is 2.09. The van der Waals surface area contributed by atoms with E-state index in [9.17, 15) is 14.9 Å². The monoisotopic (exact) mass is 359 g/mol. The first-order valence-electron chi connectivity index (χ1n) is 8.35. The van der Waals surface area contributed by atoms with E-state index in [0.717, 1.165) is 16.9 Å². The summed E-state index contributed by atoms with van der Waals surface area (Å²) >= 11 is 0. The van der Waals surface area contributed by atoms with Crippen LogP contribution in [-0.4, -0.2) is 10.7 Å². The van der Waals surface area contributed by atoms with Crippen LogP contribution < -0.4 is 4.74 Å². The third kappa shape index (κ3) is 5.12. The largest absolute Gasteiger partial charge is 0.489 e. The van der Waals surface area contributed by atoms with Gasteiger partial charge in [-0.3, -0.25) is 14.9 Å². The highest BCUT2D eigenvalue weighted by Crippen LogP contribution is 2.17. The molecule has 5 heteroatoms. The number of hydrogen-bond donors (Lipinski definition) is 0. The summed E-state index contributed by atoms with van der Waals surface area (Å²) in [6.07, 6.45) is 3.07. The van der Waals surface area contributed by atoms with E-state index in [1.165, 1.54) is 24.3 Å². The molecule has 0 heterocycles. The van der Waals surface area contributed by atoms with Crippen molar-refractivity contribution in [3.05, 3.63) is 112 Å². The van der Waals surface area contributed by atoms with Crippen LogP contribution >= 0.6 is 0 Å². The van der Waals surface area contributed by atoms with Crippen LogP contribution in [0.25, 0.3) is 6.08 Å². The summed E-state index contributed by atoms with van der Waals surface area (Å²) in [4.78, 5) is 22.5. The second kappa shape index (κ2) is 8.58. The van der Waals surface area contributed by atoms with Crippen LogP contribution in [-0.2, 0) is 6.61 Å². The van der Waals surface area contributed by atoms with Gasteiger partial charge in [-0.2, -0.15) is 0 Å². The second-order valence-electron chi connectivity index (χ2n) is 5.85. The van der Waals surface area contributed by atoms with Crippen molar-refractivity contribution in [2.24, 2.45) is 0 Å². The third-order valence-corrected chi connectivity index (χ3v) is 3.90. The molecule has 0 atom stereocenters. The molecule has 0 aliphatic rings. The number of nitrogens with zero attached hydrogens (tertiary/aromatic N) is 1. The van der Waals surface area contributed by atoms with Gasteiger partial charge in [0.1, 0.15) is 12.4 Å². The number of benzene rings is 3. The van der Waals surface area contributed by atoms with E-state index >= 15 is 0 Å². The van der Waals surface area contributed by atoms with Crippen LogP contribution in [0.2, 0.25) is 0 Å². The summed E-state index contributed by atoms with van der Waals surface area (Å²) in [5.41, 5.74) is 2.10. The molecular weight excluding hydrogens is 342 g/mol. The number of non-ortho nitro benzene ring substituents is 1. The van der Waals surface area contributed by atoms with Crippen molar-refractivity contribution in [2.45, 2.75) is 6.61 Å². The highest BCUT2D eigenvalue weighted by atomic mass is 16.6. The van der Waals surface area contributed by atoms with Crippen molar-refractivity contribution in [3.8, 4) is 5.75 Å². The molecule has 3 rings (SSSR count). The number of hydrogen-bond acceptors (Lipinski definition) is 4. The predicted molar refractivity (Wildman–Crippen MR) is 104 cm³/mol. The van der Waals surface area contributed by atoms with Crippen LogP contribution in [0.4, 0.5) is 5.69 Å². The molecule has 3 aromatic carbocycles. The van der Waals surface area contributed by atoms with E-state index in [4.69, 9.17) is 4.74 Å². The normalized spacial score (nSPS) is 10.7. The summed E-state index contributed by atoms with van der Waals surface area (Å²) in [6.45, 7) is 0.487. The fraction of sp³-hybridized carbons (Fsp3) is 0.0455. The van der Waals surface area contributed by atoms with Crippen molar-refractivity contribution in [2.75, 3.05) is 0 Å². The standard InChI is InChI=1S/C22H17NO4/c24-22(19-7-4-8-20(15-19)23(25)26)14-11-17-9-12-21(13-10-17)27-16-18-5-2-1-3-6-18/h1-15H,16H2/b14-11-. The Kier molecular flexibility index (Phi) is 5.74. The summed E-state index contributed by atoms with van der Waals surface area (Å²) < 4.78 is 5.72. The minimum absolute atomic E-state index is 0.103. The van der Waals surface area contributed by atoms with Gasteiger partial charge in [-0.1, -0.05) is 60.7 Å². The van der Waals surface area contributed by atoms with Gasteiger partial charge in [0.05, 0.1) is 4.92 Å². The number of ketones is 1. The molecule has 0 aliphatic heterocycles. The van der Waals surface area contributed by atoms with Gasteiger partial charge < -0.3 is 4.74 Å². The van der Waals surface area contributed by atoms with Gasteiger partial charge in [0.2, 0.25) is 0 Å². The van der Waals surface area contributed by atoms with Crippen LogP contribution in [0, 0.1) is 10.1 Å². The van der Waals surface area contributed by atoms with Crippen molar-refractivity contribution in [3.63, 3.8) is 0 Å². The number of carbonyl (C=O) groups is 1. The van der Waals surface area contributed by atoms with Crippen LogP contribution in [0.15, 0.2) is 84.9 Å². The molecule has 0 saturated heterocycles. The summed E-state index contributed by atoms with van der Waals surface area (Å²) in [7, 11) is 0. The molecule has 5 nitrogen and oxygen atoms in total. The van der Waals surface area contributed by atoms with Gasteiger partial charge in [0.25, 0.3) is 5.69 Å².